The van der Waals surface area contributed by atoms with E-state index in [4.69, 9.17) is 5.11 Å². The molecule has 1 saturated carbocycles. The normalized spacial score (nSPS) is 17.0. The predicted molar refractivity (Wildman–Crippen MR) is 89.2 cm³/mol. The van der Waals surface area contributed by atoms with Crippen LogP contribution < -0.4 is 10.6 Å². The summed E-state index contributed by atoms with van der Waals surface area (Å²) in [7, 11) is 0. The van der Waals surface area contributed by atoms with Gasteiger partial charge >= 0.3 is 5.97 Å². The number of carboxylic acids is 1. The molecule has 1 aromatic carbocycles. The molecule has 0 bridgehead atoms. The van der Waals surface area contributed by atoms with Gasteiger partial charge in [0.05, 0.1) is 24.4 Å². The lowest BCUT2D eigenvalue weighted by molar-refractivity contribution is -0.139. The van der Waals surface area contributed by atoms with E-state index in [1.807, 2.05) is 30.3 Å². The maximum absolute atomic E-state index is 12.5. The molecule has 0 heterocycles. The van der Waals surface area contributed by atoms with Crippen molar-refractivity contribution in [3.05, 3.63) is 35.9 Å². The van der Waals surface area contributed by atoms with Crippen molar-refractivity contribution in [2.24, 2.45) is 0 Å². The van der Waals surface area contributed by atoms with Crippen LogP contribution in [0, 0.1) is 0 Å². The molecular formula is C18H24N2O4. The zero-order valence-corrected chi connectivity index (χ0v) is 13.9. The smallest absolute Gasteiger partial charge is 0.305 e. The van der Waals surface area contributed by atoms with Gasteiger partial charge in [-0.25, -0.2) is 0 Å². The van der Waals surface area contributed by atoms with E-state index >= 15 is 0 Å². The van der Waals surface area contributed by atoms with Crippen LogP contribution in [0.25, 0.3) is 0 Å². The Morgan fingerprint density at radius 2 is 1.79 bits per heavy atom. The van der Waals surface area contributed by atoms with Crippen LogP contribution in [0.1, 0.15) is 57.1 Å². The van der Waals surface area contributed by atoms with E-state index in [1.165, 1.54) is 6.92 Å². The molecule has 3 N–H and O–H groups in total. The minimum Gasteiger partial charge on any atom is -0.481 e. The Morgan fingerprint density at radius 3 is 2.33 bits per heavy atom. The standard InChI is InChI=1S/C18H24N2O4/c1-13(21)19-15(14-7-3-2-4-8-14)11-16(22)20-18(12-17(23)24)9-5-6-10-18/h2-4,7-8,15H,5-6,9-12H2,1H3,(H,19,21)(H,20,22)(H,23,24). The van der Waals surface area contributed by atoms with Crippen LogP contribution in [0.5, 0.6) is 0 Å². The van der Waals surface area contributed by atoms with Crippen molar-refractivity contribution in [1.29, 1.82) is 0 Å². The van der Waals surface area contributed by atoms with Crippen LogP contribution >= 0.6 is 0 Å². The summed E-state index contributed by atoms with van der Waals surface area (Å²) in [4.78, 5) is 35.1. The van der Waals surface area contributed by atoms with Gasteiger partial charge in [-0.15, -0.1) is 0 Å². The minimum absolute atomic E-state index is 0.0606. The Labute approximate surface area is 141 Å². The molecule has 1 aromatic rings. The summed E-state index contributed by atoms with van der Waals surface area (Å²) in [5.41, 5.74) is 0.196. The summed E-state index contributed by atoms with van der Waals surface area (Å²) >= 11 is 0. The number of carbonyl (C=O) groups is 3. The van der Waals surface area contributed by atoms with Crippen molar-refractivity contribution in [1.82, 2.24) is 10.6 Å². The number of aliphatic carboxylic acids is 1. The van der Waals surface area contributed by atoms with Crippen molar-refractivity contribution in [3.8, 4) is 0 Å². The molecule has 0 saturated heterocycles. The van der Waals surface area contributed by atoms with Crippen molar-refractivity contribution in [3.63, 3.8) is 0 Å². The van der Waals surface area contributed by atoms with Gasteiger partial charge in [-0.1, -0.05) is 43.2 Å². The molecule has 0 aliphatic heterocycles. The van der Waals surface area contributed by atoms with E-state index in [0.29, 0.717) is 12.8 Å². The Balaban J connectivity index is 2.06. The van der Waals surface area contributed by atoms with Crippen LogP contribution in [0.4, 0.5) is 0 Å². The minimum atomic E-state index is -0.904. The summed E-state index contributed by atoms with van der Waals surface area (Å²) in [5, 5.41) is 14.8. The first-order valence-corrected chi connectivity index (χ1v) is 8.25. The second-order valence-corrected chi connectivity index (χ2v) is 6.47. The number of hydrogen-bond donors (Lipinski definition) is 3. The van der Waals surface area contributed by atoms with Gasteiger partial charge in [0.15, 0.2) is 0 Å². The molecule has 1 unspecified atom stereocenters. The fourth-order valence-corrected chi connectivity index (χ4v) is 3.40. The van der Waals surface area contributed by atoms with Crippen LogP contribution in [-0.4, -0.2) is 28.4 Å². The summed E-state index contributed by atoms with van der Waals surface area (Å²) in [6.45, 7) is 1.41. The van der Waals surface area contributed by atoms with Gasteiger partial charge in [-0.2, -0.15) is 0 Å². The molecule has 6 nitrogen and oxygen atoms in total. The molecule has 0 spiro atoms. The Hall–Kier alpha value is -2.37. The van der Waals surface area contributed by atoms with Gasteiger partial charge < -0.3 is 15.7 Å². The van der Waals surface area contributed by atoms with Crippen LogP contribution in [0.3, 0.4) is 0 Å². The fourth-order valence-electron chi connectivity index (χ4n) is 3.40. The molecule has 2 rings (SSSR count). The van der Waals surface area contributed by atoms with E-state index in [1.54, 1.807) is 0 Å². The first kappa shape index (κ1) is 18.0. The van der Waals surface area contributed by atoms with Crippen LogP contribution in [-0.2, 0) is 14.4 Å². The third kappa shape index (κ3) is 5.08. The first-order chi connectivity index (χ1) is 11.4. The third-order valence-corrected chi connectivity index (χ3v) is 4.42. The largest absolute Gasteiger partial charge is 0.481 e. The highest BCUT2D eigenvalue weighted by Gasteiger charge is 2.37. The fraction of sp³-hybridized carbons (Fsp3) is 0.500. The van der Waals surface area contributed by atoms with Crippen LogP contribution in [0.15, 0.2) is 30.3 Å². The highest BCUT2D eigenvalue weighted by atomic mass is 16.4. The molecule has 24 heavy (non-hydrogen) atoms. The van der Waals surface area contributed by atoms with Gasteiger partial charge in [0.25, 0.3) is 0 Å². The quantitative estimate of drug-likeness (QED) is 0.713. The number of benzene rings is 1. The summed E-state index contributed by atoms with van der Waals surface area (Å²) < 4.78 is 0. The third-order valence-electron chi connectivity index (χ3n) is 4.42. The predicted octanol–water partition coefficient (Wildman–Crippen LogP) is 2.16. The monoisotopic (exact) mass is 332 g/mol. The molecule has 1 atom stereocenters. The van der Waals surface area contributed by atoms with E-state index < -0.39 is 17.6 Å². The van der Waals surface area contributed by atoms with Crippen molar-refractivity contribution >= 4 is 17.8 Å². The molecule has 0 radical (unpaired) electrons. The molecule has 1 fully saturated rings. The maximum Gasteiger partial charge on any atom is 0.305 e. The number of nitrogens with one attached hydrogen (secondary N) is 2. The molecule has 2 amide bonds. The number of carbonyl (C=O) groups excluding carboxylic acids is 2. The Morgan fingerprint density at radius 1 is 1.17 bits per heavy atom. The first-order valence-electron chi connectivity index (χ1n) is 8.25. The highest BCUT2D eigenvalue weighted by molar-refractivity contribution is 5.80. The van der Waals surface area contributed by atoms with Crippen molar-refractivity contribution < 1.29 is 19.5 Å². The molecule has 1 aliphatic rings. The number of amides is 2. The zero-order valence-electron chi connectivity index (χ0n) is 13.9. The van der Waals surface area contributed by atoms with E-state index in [-0.39, 0.29) is 24.7 Å². The summed E-state index contributed by atoms with van der Waals surface area (Å²) in [6.07, 6.45) is 3.23. The van der Waals surface area contributed by atoms with Crippen LogP contribution in [0.2, 0.25) is 0 Å². The SMILES string of the molecule is CC(=O)NC(CC(=O)NC1(CC(=O)O)CCCC1)c1ccccc1. The molecular weight excluding hydrogens is 308 g/mol. The highest BCUT2D eigenvalue weighted by Crippen LogP contribution is 2.33. The maximum atomic E-state index is 12.5. The lowest BCUT2D eigenvalue weighted by Gasteiger charge is -2.29. The molecule has 130 valence electrons. The van der Waals surface area contributed by atoms with Crippen molar-refractivity contribution in [2.45, 2.75) is 57.0 Å². The second-order valence-electron chi connectivity index (χ2n) is 6.47. The average Bonchev–Trinajstić information content (AvgIpc) is 2.94. The number of rotatable bonds is 7. The molecule has 6 heteroatoms. The lowest BCUT2D eigenvalue weighted by atomic mass is 9.92. The Bertz CT molecular complexity index is 594. The van der Waals surface area contributed by atoms with Gasteiger partial charge in [0.1, 0.15) is 0 Å². The van der Waals surface area contributed by atoms with Gasteiger partial charge in [-0.3, -0.25) is 14.4 Å². The summed E-state index contributed by atoms with van der Waals surface area (Å²) in [6, 6.07) is 8.87. The average molecular weight is 332 g/mol. The summed E-state index contributed by atoms with van der Waals surface area (Å²) in [5.74, 6) is -1.35. The van der Waals surface area contributed by atoms with E-state index in [0.717, 1.165) is 18.4 Å². The van der Waals surface area contributed by atoms with E-state index in [9.17, 15) is 14.4 Å². The second kappa shape index (κ2) is 7.95. The zero-order chi connectivity index (χ0) is 17.6. The van der Waals surface area contributed by atoms with Gasteiger partial charge in [0.2, 0.25) is 11.8 Å². The van der Waals surface area contributed by atoms with Gasteiger partial charge in [0, 0.05) is 6.92 Å². The van der Waals surface area contributed by atoms with Crippen molar-refractivity contribution in [2.75, 3.05) is 0 Å². The Kier molecular flexibility index (Phi) is 5.95. The lowest BCUT2D eigenvalue weighted by Crippen LogP contribution is -2.48. The molecule has 1 aliphatic carbocycles. The van der Waals surface area contributed by atoms with E-state index in [2.05, 4.69) is 10.6 Å². The van der Waals surface area contributed by atoms with Gasteiger partial charge in [-0.05, 0) is 18.4 Å². The topological polar surface area (TPSA) is 95.5 Å². The molecule has 0 aromatic heterocycles. The number of carboxylic acid groups (broad SMARTS) is 1. The number of hydrogen-bond acceptors (Lipinski definition) is 3.